The van der Waals surface area contributed by atoms with Gasteiger partial charge in [0.05, 0.1) is 11.4 Å². The Morgan fingerprint density at radius 2 is 1.82 bits per heavy atom. The summed E-state index contributed by atoms with van der Waals surface area (Å²) < 4.78 is 1.81. The van der Waals surface area contributed by atoms with Gasteiger partial charge in [0, 0.05) is 76.7 Å². The first kappa shape index (κ1) is 27.1. The Hall–Kier alpha value is -3.52. The number of pyridine rings is 1. The summed E-state index contributed by atoms with van der Waals surface area (Å²) >= 11 is 0. The van der Waals surface area contributed by atoms with E-state index in [1.807, 2.05) is 71.2 Å². The Balaban J connectivity index is 1.47. The van der Waals surface area contributed by atoms with Crippen LogP contribution in [0.2, 0.25) is 0 Å². The third kappa shape index (κ3) is 6.38. The van der Waals surface area contributed by atoms with E-state index >= 15 is 0 Å². The molecule has 0 spiro atoms. The molecule has 2 bridgehead atoms. The molecule has 8 nitrogen and oxygen atoms in total. The van der Waals surface area contributed by atoms with E-state index in [2.05, 4.69) is 27.1 Å². The highest BCUT2D eigenvalue weighted by Crippen LogP contribution is 2.31. The maximum atomic E-state index is 13.9. The van der Waals surface area contributed by atoms with Crippen LogP contribution in [0.4, 0.5) is 5.69 Å². The average molecular weight is 529 g/mol. The fourth-order valence-corrected chi connectivity index (χ4v) is 6.30. The molecular weight excluding hydrogens is 488 g/mol. The molecule has 3 aromatic rings. The van der Waals surface area contributed by atoms with Crippen LogP contribution in [0, 0.1) is 6.92 Å². The van der Waals surface area contributed by atoms with Crippen molar-refractivity contribution in [3.8, 4) is 0 Å². The number of aromatic nitrogens is 3. The summed E-state index contributed by atoms with van der Waals surface area (Å²) in [5, 5.41) is 4.45. The van der Waals surface area contributed by atoms with Crippen molar-refractivity contribution in [1.82, 2.24) is 24.6 Å². The summed E-state index contributed by atoms with van der Waals surface area (Å²) in [4.78, 5) is 37.9. The maximum absolute atomic E-state index is 13.9. The number of rotatable bonds is 5. The van der Waals surface area contributed by atoms with Gasteiger partial charge in [0.25, 0.3) is 0 Å². The lowest BCUT2D eigenvalue weighted by Crippen LogP contribution is -2.52. The molecule has 2 aromatic heterocycles. The molecule has 1 saturated heterocycles. The number of anilines is 1. The standard InChI is InChI=1S/C31H40N6O2/c1-23-25(19-34(3)33-23)14-15-31(39)35-20-26-9-4-5-13-30(26)36(24(2)38)18-16-28-11-8-12-29(22-35)37(28)21-27-10-6-7-17-32-27/h4-7,9-10,13,17,19,28-29H,8,11-12,14-16,18,20-22H2,1-3H3. The van der Waals surface area contributed by atoms with Crippen LogP contribution in [0.15, 0.2) is 54.9 Å². The average Bonchev–Trinajstić information content (AvgIpc) is 3.25. The molecule has 2 unspecified atom stereocenters. The van der Waals surface area contributed by atoms with E-state index in [9.17, 15) is 9.59 Å². The maximum Gasteiger partial charge on any atom is 0.223 e. The zero-order valence-electron chi connectivity index (χ0n) is 23.4. The van der Waals surface area contributed by atoms with E-state index in [4.69, 9.17) is 0 Å². The number of para-hydroxylation sites is 1. The minimum atomic E-state index is 0.0373. The van der Waals surface area contributed by atoms with E-state index < -0.39 is 0 Å². The lowest BCUT2D eigenvalue weighted by Gasteiger charge is -2.44. The van der Waals surface area contributed by atoms with Crippen molar-refractivity contribution in [2.45, 2.75) is 77.5 Å². The molecule has 2 aliphatic rings. The van der Waals surface area contributed by atoms with Crippen LogP contribution < -0.4 is 4.90 Å². The first-order chi connectivity index (χ1) is 18.9. The van der Waals surface area contributed by atoms with Gasteiger partial charge in [0.15, 0.2) is 0 Å². The fraction of sp³-hybridized carbons (Fsp3) is 0.484. The number of piperidine rings is 1. The number of aryl methyl sites for hydroxylation is 3. The molecule has 1 aromatic carbocycles. The Kier molecular flexibility index (Phi) is 8.41. The summed E-state index contributed by atoms with van der Waals surface area (Å²) in [5.74, 6) is 0.178. The second-order valence-corrected chi connectivity index (χ2v) is 11.0. The van der Waals surface area contributed by atoms with Crippen molar-refractivity contribution in [2.75, 3.05) is 18.0 Å². The predicted molar refractivity (Wildman–Crippen MR) is 152 cm³/mol. The third-order valence-electron chi connectivity index (χ3n) is 8.30. The SMILES string of the molecule is CC(=O)N1CCC2CCCC(CN(C(=O)CCc3cn(C)nc3C)Cc3ccccc31)N2Cc1ccccn1. The lowest BCUT2D eigenvalue weighted by molar-refractivity contribution is -0.133. The van der Waals surface area contributed by atoms with E-state index in [0.717, 1.165) is 60.4 Å². The second-order valence-electron chi connectivity index (χ2n) is 11.0. The van der Waals surface area contributed by atoms with E-state index in [1.165, 1.54) is 0 Å². The van der Waals surface area contributed by atoms with Gasteiger partial charge in [-0.15, -0.1) is 0 Å². The number of nitrogens with zero attached hydrogens (tertiary/aromatic N) is 6. The van der Waals surface area contributed by atoms with Crippen molar-refractivity contribution < 1.29 is 9.59 Å². The van der Waals surface area contributed by atoms with Crippen LogP contribution in [0.5, 0.6) is 0 Å². The molecule has 0 N–H and O–H groups in total. The molecular formula is C31H40N6O2. The number of amides is 2. The molecule has 0 aliphatic carbocycles. The predicted octanol–water partition coefficient (Wildman–Crippen LogP) is 4.26. The topological polar surface area (TPSA) is 74.6 Å². The van der Waals surface area contributed by atoms with E-state index in [1.54, 1.807) is 6.92 Å². The Morgan fingerprint density at radius 3 is 2.56 bits per heavy atom. The van der Waals surface area contributed by atoms with Crippen LogP contribution in [0.1, 0.15) is 61.5 Å². The number of fused-ring (bicyclic) bond motifs is 3. The van der Waals surface area contributed by atoms with Crippen molar-refractivity contribution in [1.29, 1.82) is 0 Å². The normalized spacial score (nSPS) is 20.3. The van der Waals surface area contributed by atoms with Gasteiger partial charge in [0.2, 0.25) is 11.8 Å². The van der Waals surface area contributed by atoms with Gasteiger partial charge in [-0.1, -0.05) is 30.7 Å². The first-order valence-electron chi connectivity index (χ1n) is 14.2. The molecule has 2 aliphatic heterocycles. The quantitative estimate of drug-likeness (QED) is 0.495. The van der Waals surface area contributed by atoms with Gasteiger partial charge < -0.3 is 9.80 Å². The smallest absolute Gasteiger partial charge is 0.223 e. The zero-order chi connectivity index (χ0) is 27.4. The Bertz CT molecular complexity index is 1290. The minimum absolute atomic E-state index is 0.0373. The van der Waals surface area contributed by atoms with Gasteiger partial charge >= 0.3 is 0 Å². The van der Waals surface area contributed by atoms with Crippen LogP contribution >= 0.6 is 0 Å². The number of carbonyl (C=O) groups excluding carboxylic acids is 2. The van der Waals surface area contributed by atoms with E-state index in [-0.39, 0.29) is 17.9 Å². The minimum Gasteiger partial charge on any atom is -0.337 e. The molecule has 4 heterocycles. The number of carbonyl (C=O) groups is 2. The Morgan fingerprint density at radius 1 is 1.03 bits per heavy atom. The van der Waals surface area contributed by atoms with Crippen LogP contribution in [0.3, 0.4) is 0 Å². The van der Waals surface area contributed by atoms with E-state index in [0.29, 0.717) is 38.5 Å². The molecule has 8 heteroatoms. The molecule has 2 amide bonds. The van der Waals surface area contributed by atoms with Gasteiger partial charge in [-0.25, -0.2) is 0 Å². The molecule has 5 rings (SSSR count). The molecule has 0 saturated carbocycles. The summed E-state index contributed by atoms with van der Waals surface area (Å²) in [5.41, 5.74) is 5.06. The molecule has 0 radical (unpaired) electrons. The number of hydrogen-bond donors (Lipinski definition) is 0. The van der Waals surface area contributed by atoms with Crippen LogP contribution in [-0.2, 0) is 36.1 Å². The summed E-state index contributed by atoms with van der Waals surface area (Å²) in [7, 11) is 1.92. The van der Waals surface area contributed by atoms with Crippen LogP contribution in [0.25, 0.3) is 0 Å². The highest BCUT2D eigenvalue weighted by molar-refractivity contribution is 5.92. The van der Waals surface area contributed by atoms with Crippen molar-refractivity contribution >= 4 is 17.5 Å². The van der Waals surface area contributed by atoms with Gasteiger partial charge in [-0.3, -0.25) is 24.2 Å². The summed E-state index contributed by atoms with van der Waals surface area (Å²) in [6.07, 6.45) is 9.11. The molecule has 206 valence electrons. The van der Waals surface area contributed by atoms with Crippen molar-refractivity contribution in [2.24, 2.45) is 7.05 Å². The van der Waals surface area contributed by atoms with Crippen molar-refractivity contribution in [3.05, 3.63) is 77.4 Å². The molecule has 1 fully saturated rings. The summed E-state index contributed by atoms with van der Waals surface area (Å²) in [6, 6.07) is 14.7. The fourth-order valence-electron chi connectivity index (χ4n) is 6.30. The van der Waals surface area contributed by atoms with Gasteiger partial charge in [-0.2, -0.15) is 5.10 Å². The highest BCUT2D eigenvalue weighted by atomic mass is 16.2. The highest BCUT2D eigenvalue weighted by Gasteiger charge is 2.34. The Labute approximate surface area is 231 Å². The molecule has 2 atom stereocenters. The second kappa shape index (κ2) is 12.1. The third-order valence-corrected chi connectivity index (χ3v) is 8.30. The monoisotopic (exact) mass is 528 g/mol. The van der Waals surface area contributed by atoms with Crippen LogP contribution in [-0.4, -0.2) is 61.6 Å². The number of benzene rings is 1. The molecule has 39 heavy (non-hydrogen) atoms. The van der Waals surface area contributed by atoms with Crippen molar-refractivity contribution in [3.63, 3.8) is 0 Å². The first-order valence-corrected chi connectivity index (χ1v) is 14.2. The largest absolute Gasteiger partial charge is 0.337 e. The lowest BCUT2D eigenvalue weighted by atomic mass is 9.92. The van der Waals surface area contributed by atoms with Gasteiger partial charge in [0.1, 0.15) is 0 Å². The zero-order valence-corrected chi connectivity index (χ0v) is 23.4. The summed E-state index contributed by atoms with van der Waals surface area (Å²) in [6.45, 7) is 6.21. The number of hydrogen-bond acceptors (Lipinski definition) is 5. The van der Waals surface area contributed by atoms with Gasteiger partial charge in [-0.05, 0) is 61.9 Å².